The van der Waals surface area contributed by atoms with Crippen molar-refractivity contribution in [1.29, 1.82) is 0 Å². The number of ether oxygens (including phenoxy) is 2. The molecule has 1 amide bonds. The first kappa shape index (κ1) is 14.9. The number of amides is 1. The minimum absolute atomic E-state index is 0.150. The van der Waals surface area contributed by atoms with E-state index in [2.05, 4.69) is 15.3 Å². The van der Waals surface area contributed by atoms with E-state index in [9.17, 15) is 4.79 Å². The summed E-state index contributed by atoms with van der Waals surface area (Å²) < 4.78 is 10.4. The molecule has 0 radical (unpaired) electrons. The highest BCUT2D eigenvalue weighted by Gasteiger charge is 2.08. The van der Waals surface area contributed by atoms with Crippen molar-refractivity contribution < 1.29 is 14.3 Å². The molecule has 0 saturated carbocycles. The maximum absolute atomic E-state index is 12.3. The van der Waals surface area contributed by atoms with E-state index in [0.717, 1.165) is 16.6 Å². The van der Waals surface area contributed by atoms with Crippen LogP contribution in [0.3, 0.4) is 0 Å². The third-order valence-corrected chi connectivity index (χ3v) is 3.55. The molecule has 6 heteroatoms. The Balaban J connectivity index is 1.73. The van der Waals surface area contributed by atoms with Gasteiger partial charge < -0.3 is 19.8 Å². The van der Waals surface area contributed by atoms with Gasteiger partial charge in [0.15, 0.2) is 0 Å². The second-order valence-electron chi connectivity index (χ2n) is 5.04. The molecule has 0 bridgehead atoms. The third-order valence-electron chi connectivity index (χ3n) is 3.55. The van der Waals surface area contributed by atoms with Gasteiger partial charge in [-0.3, -0.25) is 4.79 Å². The van der Waals surface area contributed by atoms with Gasteiger partial charge in [-0.15, -0.1) is 0 Å². The summed E-state index contributed by atoms with van der Waals surface area (Å²) in [6.45, 7) is 0.382. The van der Waals surface area contributed by atoms with E-state index < -0.39 is 0 Å². The number of nitrogens with zero attached hydrogens (tertiary/aromatic N) is 1. The highest BCUT2D eigenvalue weighted by molar-refractivity contribution is 5.97. The second-order valence-corrected chi connectivity index (χ2v) is 5.04. The van der Waals surface area contributed by atoms with Crippen LogP contribution in [0.1, 0.15) is 15.9 Å². The Hall–Kier alpha value is -3.02. The van der Waals surface area contributed by atoms with E-state index in [1.807, 2.05) is 18.2 Å². The van der Waals surface area contributed by atoms with E-state index in [1.165, 1.54) is 0 Å². The molecule has 0 unspecified atom stereocenters. The van der Waals surface area contributed by atoms with Gasteiger partial charge in [0.1, 0.15) is 11.5 Å². The number of rotatable bonds is 5. The number of H-pyrrole nitrogens is 1. The van der Waals surface area contributed by atoms with Crippen molar-refractivity contribution in [3.8, 4) is 11.5 Å². The second kappa shape index (κ2) is 6.39. The molecule has 0 aliphatic rings. The molecule has 2 aromatic carbocycles. The van der Waals surface area contributed by atoms with Crippen molar-refractivity contribution in [2.24, 2.45) is 0 Å². The van der Waals surface area contributed by atoms with Crippen LogP contribution in [-0.2, 0) is 6.54 Å². The zero-order valence-electron chi connectivity index (χ0n) is 12.9. The minimum Gasteiger partial charge on any atom is -0.497 e. The average Bonchev–Trinajstić information content (AvgIpc) is 3.06. The highest BCUT2D eigenvalue weighted by Crippen LogP contribution is 2.22. The van der Waals surface area contributed by atoms with Gasteiger partial charge in [-0.2, -0.15) is 0 Å². The molecule has 0 aliphatic heterocycles. The Bertz CT molecular complexity index is 820. The van der Waals surface area contributed by atoms with E-state index in [0.29, 0.717) is 23.6 Å². The summed E-state index contributed by atoms with van der Waals surface area (Å²) >= 11 is 0. The van der Waals surface area contributed by atoms with Gasteiger partial charge in [0.2, 0.25) is 0 Å². The summed E-state index contributed by atoms with van der Waals surface area (Å²) in [5.41, 5.74) is 3.15. The number of carbonyl (C=O) groups is 1. The first-order valence-corrected chi connectivity index (χ1v) is 7.13. The van der Waals surface area contributed by atoms with Crippen molar-refractivity contribution in [1.82, 2.24) is 15.3 Å². The molecule has 2 N–H and O–H groups in total. The molecular weight excluding hydrogens is 294 g/mol. The zero-order chi connectivity index (χ0) is 16.2. The fourth-order valence-corrected chi connectivity index (χ4v) is 2.33. The van der Waals surface area contributed by atoms with Crippen molar-refractivity contribution in [2.45, 2.75) is 6.54 Å². The van der Waals surface area contributed by atoms with Gasteiger partial charge in [-0.25, -0.2) is 4.98 Å². The summed E-state index contributed by atoms with van der Waals surface area (Å²) in [6.07, 6.45) is 1.61. The Labute approximate surface area is 133 Å². The lowest BCUT2D eigenvalue weighted by Gasteiger charge is -2.09. The summed E-state index contributed by atoms with van der Waals surface area (Å²) in [6, 6.07) is 10.9. The van der Waals surface area contributed by atoms with Crippen molar-refractivity contribution in [2.75, 3.05) is 14.2 Å². The number of benzene rings is 2. The molecule has 1 heterocycles. The highest BCUT2D eigenvalue weighted by atomic mass is 16.5. The fraction of sp³-hybridized carbons (Fsp3) is 0.176. The summed E-state index contributed by atoms with van der Waals surface area (Å²) in [7, 11) is 3.19. The molecule has 3 rings (SSSR count). The van der Waals surface area contributed by atoms with Gasteiger partial charge in [-0.1, -0.05) is 0 Å². The predicted molar refractivity (Wildman–Crippen MR) is 86.8 cm³/mol. The SMILES string of the molecule is COc1cc(CNC(=O)c2ccc3nc[nH]c3c2)cc(OC)c1. The minimum atomic E-state index is -0.150. The number of hydrogen-bond acceptors (Lipinski definition) is 4. The fourth-order valence-electron chi connectivity index (χ4n) is 2.33. The smallest absolute Gasteiger partial charge is 0.251 e. The number of carbonyl (C=O) groups excluding carboxylic acids is 1. The molecule has 0 saturated heterocycles. The molecule has 6 nitrogen and oxygen atoms in total. The van der Waals surface area contributed by atoms with Crippen LogP contribution in [0.5, 0.6) is 11.5 Å². The Morgan fingerprint density at radius 1 is 1.13 bits per heavy atom. The number of methoxy groups -OCH3 is 2. The van der Waals surface area contributed by atoms with E-state index in [-0.39, 0.29) is 5.91 Å². The lowest BCUT2D eigenvalue weighted by molar-refractivity contribution is 0.0951. The van der Waals surface area contributed by atoms with Crippen LogP contribution in [0.2, 0.25) is 0 Å². The monoisotopic (exact) mass is 311 g/mol. The molecule has 118 valence electrons. The first-order chi connectivity index (χ1) is 11.2. The molecular formula is C17H17N3O3. The lowest BCUT2D eigenvalue weighted by Crippen LogP contribution is -2.22. The first-order valence-electron chi connectivity index (χ1n) is 7.13. The zero-order valence-corrected chi connectivity index (χ0v) is 12.9. The number of aromatic amines is 1. The standard InChI is InChI=1S/C17H17N3O3/c1-22-13-5-11(6-14(8-13)23-2)9-18-17(21)12-3-4-15-16(7-12)20-10-19-15/h3-8,10H,9H2,1-2H3,(H,18,21)(H,19,20). The van der Waals surface area contributed by atoms with Gasteiger partial charge in [0.25, 0.3) is 5.91 Å². The molecule has 1 aromatic heterocycles. The van der Waals surface area contributed by atoms with Crippen LogP contribution in [0.15, 0.2) is 42.7 Å². The lowest BCUT2D eigenvalue weighted by atomic mass is 10.1. The van der Waals surface area contributed by atoms with Crippen molar-refractivity contribution in [3.63, 3.8) is 0 Å². The quantitative estimate of drug-likeness (QED) is 0.759. The summed E-state index contributed by atoms with van der Waals surface area (Å²) in [5.74, 6) is 1.23. The molecule has 0 spiro atoms. The van der Waals surface area contributed by atoms with Crippen LogP contribution >= 0.6 is 0 Å². The van der Waals surface area contributed by atoms with E-state index in [4.69, 9.17) is 9.47 Å². The van der Waals surface area contributed by atoms with Gasteiger partial charge in [0.05, 0.1) is 31.6 Å². The normalized spacial score (nSPS) is 10.5. The number of nitrogens with one attached hydrogen (secondary N) is 2. The maximum atomic E-state index is 12.3. The molecule has 23 heavy (non-hydrogen) atoms. The van der Waals surface area contributed by atoms with Crippen LogP contribution in [-0.4, -0.2) is 30.1 Å². The molecule has 3 aromatic rings. The van der Waals surface area contributed by atoms with Crippen LogP contribution in [0.4, 0.5) is 0 Å². The number of aromatic nitrogens is 2. The summed E-state index contributed by atoms with van der Waals surface area (Å²) in [5, 5.41) is 2.89. The number of hydrogen-bond donors (Lipinski definition) is 2. The topological polar surface area (TPSA) is 76.2 Å². The number of imidazole rings is 1. The third kappa shape index (κ3) is 3.26. The predicted octanol–water partition coefficient (Wildman–Crippen LogP) is 2.51. The van der Waals surface area contributed by atoms with E-state index in [1.54, 1.807) is 38.7 Å². The Morgan fingerprint density at radius 2 is 1.87 bits per heavy atom. The molecule has 0 atom stereocenters. The van der Waals surface area contributed by atoms with Crippen molar-refractivity contribution >= 4 is 16.9 Å². The molecule has 0 fully saturated rings. The molecule has 0 aliphatic carbocycles. The van der Waals surface area contributed by atoms with Crippen LogP contribution in [0, 0.1) is 0 Å². The van der Waals surface area contributed by atoms with Crippen LogP contribution in [0.25, 0.3) is 11.0 Å². The van der Waals surface area contributed by atoms with Gasteiger partial charge >= 0.3 is 0 Å². The largest absolute Gasteiger partial charge is 0.497 e. The average molecular weight is 311 g/mol. The summed E-state index contributed by atoms with van der Waals surface area (Å²) in [4.78, 5) is 19.4. The van der Waals surface area contributed by atoms with Gasteiger partial charge in [-0.05, 0) is 35.9 Å². The maximum Gasteiger partial charge on any atom is 0.251 e. The number of fused-ring (bicyclic) bond motifs is 1. The van der Waals surface area contributed by atoms with Crippen LogP contribution < -0.4 is 14.8 Å². The van der Waals surface area contributed by atoms with Gasteiger partial charge in [0, 0.05) is 18.2 Å². The Kier molecular flexibility index (Phi) is 4.14. The van der Waals surface area contributed by atoms with Crippen molar-refractivity contribution in [3.05, 3.63) is 53.9 Å². The Morgan fingerprint density at radius 3 is 2.57 bits per heavy atom. The van der Waals surface area contributed by atoms with E-state index >= 15 is 0 Å².